The van der Waals surface area contributed by atoms with E-state index in [9.17, 15) is 0 Å². The highest BCUT2D eigenvalue weighted by Gasteiger charge is 2.25. The van der Waals surface area contributed by atoms with E-state index in [-0.39, 0.29) is 6.23 Å². The van der Waals surface area contributed by atoms with Gasteiger partial charge in [-0.25, -0.2) is 4.68 Å². The largest absolute Gasteiger partial charge is 0.357 e. The Bertz CT molecular complexity index is 608. The number of hydrogen-bond donors (Lipinski definition) is 0. The standard InChI is InChI=1S/C13H18N4OS2/c1-4-18-9(2)16-6-10-11(15-16)7-20-12-5-14-17(8-19-3)13(10)12/h5-6,9H,4,7-8H2,1-3H3. The fourth-order valence-electron chi connectivity index (χ4n) is 2.35. The first-order chi connectivity index (χ1) is 9.74. The first-order valence-corrected chi connectivity index (χ1v) is 9.00. The molecule has 20 heavy (non-hydrogen) atoms. The third-order valence-electron chi connectivity index (χ3n) is 3.27. The van der Waals surface area contributed by atoms with Crippen molar-refractivity contribution in [3.63, 3.8) is 0 Å². The molecule has 3 rings (SSSR count). The first kappa shape index (κ1) is 14.0. The molecule has 0 saturated carbocycles. The minimum absolute atomic E-state index is 0.0315. The van der Waals surface area contributed by atoms with Gasteiger partial charge in [-0.2, -0.15) is 10.2 Å². The average molecular weight is 310 g/mol. The van der Waals surface area contributed by atoms with Gasteiger partial charge in [0.2, 0.25) is 0 Å². The molecule has 1 atom stereocenters. The van der Waals surface area contributed by atoms with Crippen molar-refractivity contribution in [1.82, 2.24) is 19.6 Å². The maximum Gasteiger partial charge on any atom is 0.147 e. The van der Waals surface area contributed by atoms with Crippen molar-refractivity contribution < 1.29 is 4.74 Å². The zero-order valence-electron chi connectivity index (χ0n) is 11.9. The van der Waals surface area contributed by atoms with Crippen molar-refractivity contribution in [3.05, 3.63) is 18.1 Å². The van der Waals surface area contributed by atoms with Crippen LogP contribution in [0.15, 0.2) is 17.3 Å². The molecule has 0 amide bonds. The molecule has 1 unspecified atom stereocenters. The van der Waals surface area contributed by atoms with E-state index in [0.29, 0.717) is 6.61 Å². The number of rotatable bonds is 5. The third-order valence-corrected chi connectivity index (χ3v) is 4.80. The zero-order valence-corrected chi connectivity index (χ0v) is 13.5. The minimum atomic E-state index is -0.0315. The van der Waals surface area contributed by atoms with Crippen LogP contribution < -0.4 is 0 Å². The van der Waals surface area contributed by atoms with Crippen LogP contribution in [0.5, 0.6) is 0 Å². The Labute approximate surface area is 127 Å². The van der Waals surface area contributed by atoms with Crippen LogP contribution in [-0.4, -0.2) is 32.4 Å². The van der Waals surface area contributed by atoms with Crippen LogP contribution in [0, 0.1) is 0 Å². The Hall–Kier alpha value is -0.920. The Morgan fingerprint density at radius 1 is 1.55 bits per heavy atom. The number of fused-ring (bicyclic) bond motifs is 3. The first-order valence-electron chi connectivity index (χ1n) is 6.62. The highest BCUT2D eigenvalue weighted by atomic mass is 32.2. The number of hydrogen-bond acceptors (Lipinski definition) is 5. The average Bonchev–Trinajstić information content (AvgIpc) is 3.02. The van der Waals surface area contributed by atoms with E-state index >= 15 is 0 Å². The van der Waals surface area contributed by atoms with Gasteiger partial charge in [-0.15, -0.1) is 23.5 Å². The summed E-state index contributed by atoms with van der Waals surface area (Å²) in [6.07, 6.45) is 6.11. The second-order valence-corrected chi connectivity index (χ2v) is 6.44. The summed E-state index contributed by atoms with van der Waals surface area (Å²) in [5.74, 6) is 1.76. The highest BCUT2D eigenvalue weighted by molar-refractivity contribution is 7.98. The normalized spacial score (nSPS) is 14.9. The van der Waals surface area contributed by atoms with Crippen LogP contribution >= 0.6 is 23.5 Å². The molecule has 0 aliphatic carbocycles. The summed E-state index contributed by atoms with van der Waals surface area (Å²) in [6, 6.07) is 0. The van der Waals surface area contributed by atoms with E-state index in [1.54, 1.807) is 11.8 Å². The van der Waals surface area contributed by atoms with Crippen LogP contribution in [0.4, 0.5) is 0 Å². The molecule has 0 fully saturated rings. The molecule has 2 aromatic heterocycles. The number of thioether (sulfide) groups is 2. The Kier molecular flexibility index (Phi) is 4.09. The second-order valence-electron chi connectivity index (χ2n) is 4.59. The van der Waals surface area contributed by atoms with Gasteiger partial charge in [-0.05, 0) is 20.1 Å². The summed E-state index contributed by atoms with van der Waals surface area (Å²) in [6.45, 7) is 4.71. The molecule has 0 N–H and O–H groups in total. The van der Waals surface area contributed by atoms with Crippen LogP contribution in [0.25, 0.3) is 11.3 Å². The van der Waals surface area contributed by atoms with Crippen LogP contribution in [-0.2, 0) is 16.4 Å². The van der Waals surface area contributed by atoms with Crippen LogP contribution in [0.2, 0.25) is 0 Å². The van der Waals surface area contributed by atoms with Crippen LogP contribution in [0.1, 0.15) is 25.8 Å². The third kappa shape index (κ3) is 2.38. The molecule has 0 spiro atoms. The van der Waals surface area contributed by atoms with Crippen molar-refractivity contribution in [2.75, 3.05) is 12.9 Å². The summed E-state index contributed by atoms with van der Waals surface area (Å²) in [4.78, 5) is 1.25. The maximum absolute atomic E-state index is 5.62. The molecule has 2 aromatic rings. The summed E-state index contributed by atoms with van der Waals surface area (Å²) in [5, 5.41) is 9.16. The summed E-state index contributed by atoms with van der Waals surface area (Å²) in [5.41, 5.74) is 3.51. The molecular weight excluding hydrogens is 292 g/mol. The zero-order chi connectivity index (χ0) is 14.1. The van der Waals surface area contributed by atoms with E-state index in [2.05, 4.69) is 27.3 Å². The van der Waals surface area contributed by atoms with E-state index in [4.69, 9.17) is 4.74 Å². The van der Waals surface area contributed by atoms with Gasteiger partial charge in [-0.3, -0.25) is 4.68 Å². The van der Waals surface area contributed by atoms with Gasteiger partial charge in [-0.1, -0.05) is 0 Å². The number of ether oxygens (including phenoxy) is 1. The van der Waals surface area contributed by atoms with Crippen molar-refractivity contribution >= 4 is 23.5 Å². The maximum atomic E-state index is 5.62. The topological polar surface area (TPSA) is 44.9 Å². The van der Waals surface area contributed by atoms with Crippen molar-refractivity contribution in [2.24, 2.45) is 0 Å². The van der Waals surface area contributed by atoms with Crippen molar-refractivity contribution in [3.8, 4) is 11.3 Å². The number of aromatic nitrogens is 4. The molecular formula is C13H18N4OS2. The Balaban J connectivity index is 2.00. The molecule has 108 valence electrons. The Morgan fingerprint density at radius 3 is 3.15 bits per heavy atom. The van der Waals surface area contributed by atoms with E-state index in [1.165, 1.54) is 16.2 Å². The SMILES string of the molecule is CCOC(C)n1cc2c(n1)CSc1cnn(CSC)c1-2. The predicted octanol–water partition coefficient (Wildman–Crippen LogP) is 3.23. The Morgan fingerprint density at radius 2 is 2.40 bits per heavy atom. The molecule has 0 aromatic carbocycles. The molecule has 0 saturated heterocycles. The van der Waals surface area contributed by atoms with Crippen LogP contribution in [0.3, 0.4) is 0 Å². The molecule has 1 aliphatic heterocycles. The minimum Gasteiger partial charge on any atom is -0.357 e. The van der Waals surface area contributed by atoms with Gasteiger partial charge < -0.3 is 4.74 Å². The summed E-state index contributed by atoms with van der Waals surface area (Å²) in [7, 11) is 0. The van der Waals surface area contributed by atoms with Gasteiger partial charge in [0.05, 0.1) is 28.4 Å². The molecule has 3 heterocycles. The highest BCUT2D eigenvalue weighted by Crippen LogP contribution is 2.41. The van der Waals surface area contributed by atoms with Gasteiger partial charge in [0, 0.05) is 24.1 Å². The lowest BCUT2D eigenvalue weighted by Gasteiger charge is -2.12. The quantitative estimate of drug-likeness (QED) is 0.848. The number of nitrogens with zero attached hydrogens (tertiary/aromatic N) is 4. The summed E-state index contributed by atoms with van der Waals surface area (Å²) < 4.78 is 9.59. The lowest BCUT2D eigenvalue weighted by atomic mass is 10.2. The van der Waals surface area contributed by atoms with Crippen molar-refractivity contribution in [2.45, 2.75) is 36.6 Å². The van der Waals surface area contributed by atoms with Gasteiger partial charge >= 0.3 is 0 Å². The lowest BCUT2D eigenvalue weighted by Crippen LogP contribution is -2.09. The lowest BCUT2D eigenvalue weighted by molar-refractivity contribution is 0.0158. The van der Waals surface area contributed by atoms with E-state index in [0.717, 1.165) is 17.3 Å². The second kappa shape index (κ2) is 5.83. The monoisotopic (exact) mass is 310 g/mol. The van der Waals surface area contributed by atoms with E-state index < -0.39 is 0 Å². The summed E-state index contributed by atoms with van der Waals surface area (Å²) >= 11 is 3.57. The molecule has 1 aliphatic rings. The van der Waals surface area contributed by atoms with Gasteiger partial charge in [0.1, 0.15) is 6.23 Å². The molecule has 0 bridgehead atoms. The van der Waals surface area contributed by atoms with Gasteiger partial charge in [0.15, 0.2) is 0 Å². The molecule has 7 heteroatoms. The molecule has 5 nitrogen and oxygen atoms in total. The van der Waals surface area contributed by atoms with E-state index in [1.807, 2.05) is 36.5 Å². The molecule has 0 radical (unpaired) electrons. The smallest absolute Gasteiger partial charge is 0.147 e. The van der Waals surface area contributed by atoms with Crippen molar-refractivity contribution in [1.29, 1.82) is 0 Å². The van der Waals surface area contributed by atoms with Gasteiger partial charge in [0.25, 0.3) is 0 Å². The predicted molar refractivity (Wildman–Crippen MR) is 82.9 cm³/mol. The fraction of sp³-hybridized carbons (Fsp3) is 0.538. The fourth-order valence-corrected chi connectivity index (χ4v) is 3.77.